The van der Waals surface area contributed by atoms with Gasteiger partial charge in [0.25, 0.3) is 0 Å². The highest BCUT2D eigenvalue weighted by molar-refractivity contribution is 5.65. The molecule has 0 spiro atoms. The average Bonchev–Trinajstić information content (AvgIpc) is 2.42. The zero-order valence-corrected chi connectivity index (χ0v) is 11.8. The predicted molar refractivity (Wildman–Crippen MR) is 79.2 cm³/mol. The fraction of sp³-hybridized carbons (Fsp3) is 0.250. The smallest absolute Gasteiger partial charge is 0.148 e. The Morgan fingerprint density at radius 2 is 2.10 bits per heavy atom. The fourth-order valence-electron chi connectivity index (χ4n) is 1.84. The molecule has 1 aromatic heterocycles. The Kier molecular flexibility index (Phi) is 4.21. The van der Waals surface area contributed by atoms with Gasteiger partial charge in [0.05, 0.1) is 11.7 Å². The van der Waals surface area contributed by atoms with Crippen LogP contribution in [0.2, 0.25) is 0 Å². The molecule has 0 radical (unpaired) electrons. The molecular formula is C16H17N3O. The van der Waals surface area contributed by atoms with Gasteiger partial charge < -0.3 is 10.1 Å². The van der Waals surface area contributed by atoms with E-state index in [0.717, 1.165) is 17.0 Å². The lowest BCUT2D eigenvalue weighted by Gasteiger charge is -2.13. The van der Waals surface area contributed by atoms with E-state index in [1.54, 1.807) is 18.3 Å². The van der Waals surface area contributed by atoms with Crippen molar-refractivity contribution >= 4 is 11.5 Å². The molecule has 0 aliphatic carbocycles. The van der Waals surface area contributed by atoms with Crippen LogP contribution in [0.15, 0.2) is 36.5 Å². The highest BCUT2D eigenvalue weighted by Gasteiger charge is 2.06. The molecule has 2 rings (SSSR count). The number of hydrogen-bond acceptors (Lipinski definition) is 4. The van der Waals surface area contributed by atoms with Crippen LogP contribution < -0.4 is 10.1 Å². The van der Waals surface area contributed by atoms with Gasteiger partial charge in [-0.1, -0.05) is 0 Å². The zero-order valence-electron chi connectivity index (χ0n) is 11.8. The van der Waals surface area contributed by atoms with E-state index in [4.69, 9.17) is 10.00 Å². The quantitative estimate of drug-likeness (QED) is 0.915. The largest absolute Gasteiger partial charge is 0.491 e. The number of rotatable bonds is 4. The maximum absolute atomic E-state index is 9.06. The first kappa shape index (κ1) is 13.9. The Bertz CT molecular complexity index is 644. The van der Waals surface area contributed by atoms with Crippen molar-refractivity contribution in [3.05, 3.63) is 47.7 Å². The Labute approximate surface area is 119 Å². The van der Waals surface area contributed by atoms with E-state index in [-0.39, 0.29) is 6.10 Å². The molecule has 0 unspecified atom stereocenters. The first-order valence-electron chi connectivity index (χ1n) is 6.49. The summed E-state index contributed by atoms with van der Waals surface area (Å²) in [5.74, 6) is 1.40. The van der Waals surface area contributed by atoms with Crippen molar-refractivity contribution in [1.29, 1.82) is 5.26 Å². The number of aromatic nitrogens is 1. The standard InChI is InChI=1S/C16H17N3O/c1-11(2)20-14-6-7-15(12(3)9-14)19-16-13(10-17)5-4-8-18-16/h4-9,11H,1-3H3,(H,18,19). The molecule has 0 aliphatic rings. The van der Waals surface area contributed by atoms with E-state index in [2.05, 4.69) is 16.4 Å². The Hall–Kier alpha value is -2.54. The van der Waals surface area contributed by atoms with Crippen LogP contribution in [0.4, 0.5) is 11.5 Å². The number of nitriles is 1. The number of ether oxygens (including phenoxy) is 1. The molecule has 1 heterocycles. The second kappa shape index (κ2) is 6.07. The summed E-state index contributed by atoms with van der Waals surface area (Å²) >= 11 is 0. The normalized spacial score (nSPS) is 10.2. The van der Waals surface area contributed by atoms with E-state index in [1.165, 1.54) is 0 Å². The van der Waals surface area contributed by atoms with Crippen molar-refractivity contribution in [2.75, 3.05) is 5.32 Å². The molecule has 2 aromatic rings. The molecule has 0 aliphatic heterocycles. The molecule has 0 bridgehead atoms. The molecule has 1 N–H and O–H groups in total. The highest BCUT2D eigenvalue weighted by Crippen LogP contribution is 2.25. The number of nitrogens with one attached hydrogen (secondary N) is 1. The van der Waals surface area contributed by atoms with Crippen molar-refractivity contribution in [3.8, 4) is 11.8 Å². The molecule has 20 heavy (non-hydrogen) atoms. The van der Waals surface area contributed by atoms with Crippen LogP contribution in [0.5, 0.6) is 5.75 Å². The molecule has 4 nitrogen and oxygen atoms in total. The van der Waals surface area contributed by atoms with Crippen LogP contribution in [0, 0.1) is 18.3 Å². The number of anilines is 2. The fourth-order valence-corrected chi connectivity index (χ4v) is 1.84. The average molecular weight is 267 g/mol. The maximum Gasteiger partial charge on any atom is 0.148 e. The zero-order chi connectivity index (χ0) is 14.5. The van der Waals surface area contributed by atoms with Crippen LogP contribution in [0.1, 0.15) is 25.0 Å². The van der Waals surface area contributed by atoms with Gasteiger partial charge in [-0.05, 0) is 56.7 Å². The van der Waals surface area contributed by atoms with Gasteiger partial charge in [-0.25, -0.2) is 4.98 Å². The summed E-state index contributed by atoms with van der Waals surface area (Å²) < 4.78 is 5.65. The third kappa shape index (κ3) is 3.27. The van der Waals surface area contributed by atoms with Crippen LogP contribution in [-0.4, -0.2) is 11.1 Å². The molecular weight excluding hydrogens is 250 g/mol. The van der Waals surface area contributed by atoms with Gasteiger partial charge in [0.1, 0.15) is 17.6 Å². The van der Waals surface area contributed by atoms with Crippen molar-refractivity contribution in [2.24, 2.45) is 0 Å². The second-order valence-corrected chi connectivity index (χ2v) is 4.78. The van der Waals surface area contributed by atoms with Crippen molar-refractivity contribution in [2.45, 2.75) is 26.9 Å². The third-order valence-corrected chi connectivity index (χ3v) is 2.75. The predicted octanol–water partition coefficient (Wildman–Crippen LogP) is 3.79. The van der Waals surface area contributed by atoms with Gasteiger partial charge in [-0.3, -0.25) is 0 Å². The lowest BCUT2D eigenvalue weighted by atomic mass is 10.2. The topological polar surface area (TPSA) is 57.9 Å². The van der Waals surface area contributed by atoms with Gasteiger partial charge in [-0.15, -0.1) is 0 Å². The molecule has 0 atom stereocenters. The lowest BCUT2D eigenvalue weighted by molar-refractivity contribution is 0.242. The molecule has 0 fully saturated rings. The lowest BCUT2D eigenvalue weighted by Crippen LogP contribution is -2.06. The highest BCUT2D eigenvalue weighted by atomic mass is 16.5. The minimum atomic E-state index is 0.147. The minimum absolute atomic E-state index is 0.147. The third-order valence-electron chi connectivity index (χ3n) is 2.75. The number of pyridine rings is 1. The SMILES string of the molecule is Cc1cc(OC(C)C)ccc1Nc1ncccc1C#N. The van der Waals surface area contributed by atoms with Crippen molar-refractivity contribution in [1.82, 2.24) is 4.98 Å². The summed E-state index contributed by atoms with van der Waals surface area (Å²) in [4.78, 5) is 4.19. The number of aryl methyl sites for hydroxylation is 1. The van der Waals surface area contributed by atoms with Gasteiger partial charge in [0.15, 0.2) is 0 Å². The van der Waals surface area contributed by atoms with Crippen LogP contribution >= 0.6 is 0 Å². The molecule has 0 amide bonds. The van der Waals surface area contributed by atoms with E-state index in [1.807, 2.05) is 39.0 Å². The molecule has 4 heteroatoms. The summed E-state index contributed by atoms with van der Waals surface area (Å²) in [6, 6.07) is 11.4. The summed E-state index contributed by atoms with van der Waals surface area (Å²) in [6.07, 6.45) is 1.81. The molecule has 0 saturated carbocycles. The Morgan fingerprint density at radius 3 is 2.75 bits per heavy atom. The minimum Gasteiger partial charge on any atom is -0.491 e. The van der Waals surface area contributed by atoms with Crippen LogP contribution in [0.25, 0.3) is 0 Å². The summed E-state index contributed by atoms with van der Waals surface area (Å²) in [5.41, 5.74) is 2.48. The molecule has 1 aromatic carbocycles. The van der Waals surface area contributed by atoms with Gasteiger partial charge in [-0.2, -0.15) is 5.26 Å². The second-order valence-electron chi connectivity index (χ2n) is 4.78. The first-order valence-corrected chi connectivity index (χ1v) is 6.49. The van der Waals surface area contributed by atoms with Crippen LogP contribution in [0.3, 0.4) is 0 Å². The van der Waals surface area contributed by atoms with Crippen LogP contribution in [-0.2, 0) is 0 Å². The van der Waals surface area contributed by atoms with E-state index >= 15 is 0 Å². The van der Waals surface area contributed by atoms with E-state index in [0.29, 0.717) is 11.4 Å². The Balaban J connectivity index is 2.24. The van der Waals surface area contributed by atoms with E-state index < -0.39 is 0 Å². The Morgan fingerprint density at radius 1 is 1.30 bits per heavy atom. The summed E-state index contributed by atoms with van der Waals surface area (Å²) in [6.45, 7) is 5.98. The monoisotopic (exact) mass is 267 g/mol. The summed E-state index contributed by atoms with van der Waals surface area (Å²) in [7, 11) is 0. The first-order chi connectivity index (χ1) is 9.60. The summed E-state index contributed by atoms with van der Waals surface area (Å²) in [5, 5.41) is 12.2. The van der Waals surface area contributed by atoms with Crippen molar-refractivity contribution in [3.63, 3.8) is 0 Å². The molecule has 102 valence electrons. The van der Waals surface area contributed by atoms with Crippen molar-refractivity contribution < 1.29 is 4.74 Å². The maximum atomic E-state index is 9.06. The number of nitrogens with zero attached hydrogens (tertiary/aromatic N) is 2. The number of hydrogen-bond donors (Lipinski definition) is 1. The van der Waals surface area contributed by atoms with Gasteiger partial charge in [0.2, 0.25) is 0 Å². The number of benzene rings is 1. The van der Waals surface area contributed by atoms with Gasteiger partial charge >= 0.3 is 0 Å². The van der Waals surface area contributed by atoms with E-state index in [9.17, 15) is 0 Å². The van der Waals surface area contributed by atoms with Gasteiger partial charge in [0, 0.05) is 11.9 Å². The molecule has 0 saturated heterocycles.